The van der Waals surface area contributed by atoms with Gasteiger partial charge in [-0.2, -0.15) is 4.98 Å². The summed E-state index contributed by atoms with van der Waals surface area (Å²) in [5.41, 5.74) is 9.30. The van der Waals surface area contributed by atoms with Gasteiger partial charge >= 0.3 is 0 Å². The fourth-order valence-corrected chi connectivity index (χ4v) is 8.70. The average molecular weight is 817 g/mol. The molecule has 4 heterocycles. The molecule has 2 aliphatic heterocycles. The topological polar surface area (TPSA) is 112 Å². The Balaban J connectivity index is 1.18. The third-order valence-corrected chi connectivity index (χ3v) is 12.7. The van der Waals surface area contributed by atoms with Crippen molar-refractivity contribution in [1.82, 2.24) is 29.7 Å². The summed E-state index contributed by atoms with van der Waals surface area (Å²) in [6.07, 6.45) is 7.44. The van der Waals surface area contributed by atoms with E-state index in [1.807, 2.05) is 18.2 Å². The van der Waals surface area contributed by atoms with Gasteiger partial charge in [-0.1, -0.05) is 31.6 Å². The van der Waals surface area contributed by atoms with Crippen molar-refractivity contribution in [2.75, 3.05) is 82.3 Å². The molecule has 280 valence electrons. The first-order chi connectivity index (χ1) is 25.2. The lowest BCUT2D eigenvalue weighted by atomic mass is 10.0. The van der Waals surface area contributed by atoms with Crippen LogP contribution in [0.2, 0.25) is 19.6 Å². The van der Waals surface area contributed by atoms with Crippen molar-refractivity contribution in [1.29, 1.82) is 0 Å². The van der Waals surface area contributed by atoms with Crippen molar-refractivity contribution in [2.24, 2.45) is 0 Å². The van der Waals surface area contributed by atoms with Gasteiger partial charge in [0.2, 0.25) is 5.95 Å². The summed E-state index contributed by atoms with van der Waals surface area (Å²) in [6.45, 7) is 18.9. The van der Waals surface area contributed by atoms with Gasteiger partial charge in [0.05, 0.1) is 41.0 Å². The molecule has 2 aromatic carbocycles. The van der Waals surface area contributed by atoms with E-state index in [2.05, 4.69) is 113 Å². The SMILES string of the molecule is COc1cc(N2CCC(N3CCN(C)CC3)CC2)c(C)cc1Nc1ncc(Br)c(Nc2ccc(-c3cnc(C#C[Si](C)(C)C)cn3)cc2P(C)(C)=O)n1. The maximum atomic E-state index is 13.6. The lowest BCUT2D eigenvalue weighted by Gasteiger charge is -2.43. The summed E-state index contributed by atoms with van der Waals surface area (Å²) in [4.78, 5) is 26.1. The third-order valence-electron chi connectivity index (χ3n) is 9.71. The second kappa shape index (κ2) is 16.3. The number of methoxy groups -OCH3 is 1. The summed E-state index contributed by atoms with van der Waals surface area (Å²) < 4.78 is 20.2. The van der Waals surface area contributed by atoms with Crippen LogP contribution in [-0.4, -0.2) is 111 Å². The van der Waals surface area contributed by atoms with E-state index in [0.29, 0.717) is 44.7 Å². The number of benzene rings is 2. The fourth-order valence-electron chi connectivity index (χ4n) is 6.74. The first-order valence-electron chi connectivity index (χ1n) is 18.1. The second-order valence-electron chi connectivity index (χ2n) is 15.4. The third kappa shape index (κ3) is 9.85. The molecule has 4 aromatic rings. The molecule has 0 radical (unpaired) electrons. The van der Waals surface area contributed by atoms with E-state index < -0.39 is 15.2 Å². The van der Waals surface area contributed by atoms with Crippen molar-refractivity contribution in [3.63, 3.8) is 0 Å². The van der Waals surface area contributed by atoms with Gasteiger partial charge in [-0.25, -0.2) is 9.97 Å². The van der Waals surface area contributed by atoms with Crippen LogP contribution in [0.25, 0.3) is 11.3 Å². The van der Waals surface area contributed by atoms with E-state index in [1.165, 1.54) is 18.5 Å². The van der Waals surface area contributed by atoms with Crippen LogP contribution in [0.4, 0.5) is 28.8 Å². The number of ether oxygens (including phenoxy) is 1. The number of hydrogen-bond acceptors (Lipinski definition) is 11. The molecule has 2 aliphatic rings. The molecular weight excluding hydrogens is 765 g/mol. The number of aryl methyl sites for hydroxylation is 1. The number of hydrogen-bond donors (Lipinski definition) is 2. The Morgan fingerprint density at radius 2 is 1.66 bits per heavy atom. The highest BCUT2D eigenvalue weighted by atomic mass is 79.9. The molecule has 0 amide bonds. The first-order valence-corrected chi connectivity index (χ1v) is 25.0. The van der Waals surface area contributed by atoms with Crippen molar-refractivity contribution in [3.05, 3.63) is 64.7 Å². The van der Waals surface area contributed by atoms with Crippen LogP contribution >= 0.6 is 23.1 Å². The van der Waals surface area contributed by atoms with E-state index >= 15 is 0 Å². The van der Waals surface area contributed by atoms with Crippen LogP contribution in [0.3, 0.4) is 0 Å². The molecule has 6 rings (SSSR count). The minimum absolute atomic E-state index is 0.399. The van der Waals surface area contributed by atoms with Crippen LogP contribution in [-0.2, 0) is 4.57 Å². The van der Waals surface area contributed by atoms with Gasteiger partial charge < -0.3 is 29.7 Å². The molecule has 0 bridgehead atoms. The number of aromatic nitrogens is 4. The summed E-state index contributed by atoms with van der Waals surface area (Å²) in [5, 5.41) is 7.47. The van der Waals surface area contributed by atoms with Gasteiger partial charge in [0.15, 0.2) is 0 Å². The number of piperidine rings is 1. The number of nitrogens with zero attached hydrogens (tertiary/aromatic N) is 7. The monoisotopic (exact) mass is 815 g/mol. The van der Waals surface area contributed by atoms with Crippen molar-refractivity contribution in [2.45, 2.75) is 45.4 Å². The quantitative estimate of drug-likeness (QED) is 0.102. The number of rotatable bonds is 9. The zero-order valence-corrected chi connectivity index (χ0v) is 35.6. The van der Waals surface area contributed by atoms with E-state index in [4.69, 9.17) is 9.72 Å². The molecule has 0 unspecified atom stereocenters. The Kier molecular flexibility index (Phi) is 12.0. The Morgan fingerprint density at radius 1 is 0.925 bits per heavy atom. The van der Waals surface area contributed by atoms with Gasteiger partial charge in [0, 0.05) is 74.1 Å². The number of likely N-dealkylation sites (N-methyl/N-ethyl adjacent to an activating group) is 1. The fraction of sp³-hybridized carbons (Fsp3) is 0.436. The van der Waals surface area contributed by atoms with Crippen LogP contribution < -0.4 is 25.6 Å². The minimum Gasteiger partial charge on any atom is -0.494 e. The Hall–Kier alpha value is -3.79. The Labute approximate surface area is 323 Å². The normalized spacial score (nSPS) is 16.2. The minimum atomic E-state index is -2.73. The van der Waals surface area contributed by atoms with Gasteiger partial charge in [-0.05, 0) is 79.8 Å². The number of piperazine rings is 1. The molecule has 0 spiro atoms. The van der Waals surface area contributed by atoms with E-state index in [9.17, 15) is 4.57 Å². The van der Waals surface area contributed by atoms with Gasteiger partial charge in [0.1, 0.15) is 32.5 Å². The number of nitrogens with one attached hydrogen (secondary N) is 2. The van der Waals surface area contributed by atoms with E-state index in [1.54, 1.807) is 39.0 Å². The largest absolute Gasteiger partial charge is 0.494 e. The summed E-state index contributed by atoms with van der Waals surface area (Å²) in [5.74, 6) is 4.80. The van der Waals surface area contributed by atoms with Crippen LogP contribution in [0.15, 0.2) is 53.4 Å². The zero-order chi connectivity index (χ0) is 37.9. The highest BCUT2D eigenvalue weighted by Crippen LogP contribution is 2.41. The van der Waals surface area contributed by atoms with Crippen molar-refractivity contribution < 1.29 is 9.30 Å². The zero-order valence-electron chi connectivity index (χ0n) is 32.1. The van der Waals surface area contributed by atoms with Gasteiger partial charge in [-0.3, -0.25) is 9.88 Å². The molecule has 2 aromatic heterocycles. The first kappa shape index (κ1) is 38.9. The summed E-state index contributed by atoms with van der Waals surface area (Å²) in [7, 11) is -0.359. The van der Waals surface area contributed by atoms with Crippen LogP contribution in [0, 0.1) is 18.4 Å². The smallest absolute Gasteiger partial charge is 0.229 e. The predicted octanol–water partition coefficient (Wildman–Crippen LogP) is 7.19. The lowest BCUT2D eigenvalue weighted by molar-refractivity contribution is 0.0982. The molecule has 11 nitrogen and oxygen atoms in total. The van der Waals surface area contributed by atoms with E-state index in [0.717, 1.165) is 61.8 Å². The van der Waals surface area contributed by atoms with Crippen LogP contribution in [0.1, 0.15) is 24.1 Å². The molecule has 2 saturated heterocycles. The molecule has 14 heteroatoms. The molecule has 2 fully saturated rings. The maximum absolute atomic E-state index is 13.6. The predicted molar refractivity (Wildman–Crippen MR) is 225 cm³/mol. The molecule has 0 aliphatic carbocycles. The number of halogens is 1. The van der Waals surface area contributed by atoms with Crippen molar-refractivity contribution in [3.8, 4) is 28.5 Å². The molecular formula is C39H51BrN9O2PSi. The van der Waals surface area contributed by atoms with Gasteiger partial charge in [0.25, 0.3) is 0 Å². The Bertz CT molecular complexity index is 2040. The Morgan fingerprint density at radius 3 is 2.30 bits per heavy atom. The lowest BCUT2D eigenvalue weighted by Crippen LogP contribution is -2.52. The summed E-state index contributed by atoms with van der Waals surface area (Å²) >= 11 is 3.61. The standard InChI is InChI=1S/C39H51BrN9O2PSi/c1-27-21-33(36(51-3)23-35(27)49-14-11-30(12-15-49)48-18-16-47(2)17-19-48)45-39-43-25-31(40)38(46-39)44-32-10-9-28(22-37(32)52(4,5)50)34-26-41-29(24-42-34)13-20-53(6,7)8/h9-10,21-26,30H,11-12,14-19H2,1-8H3,(H2,43,44,45,46). The van der Waals surface area contributed by atoms with Gasteiger partial charge in [-0.15, -0.1) is 5.54 Å². The molecule has 0 saturated carbocycles. The maximum Gasteiger partial charge on any atom is 0.229 e. The molecule has 0 atom stereocenters. The summed E-state index contributed by atoms with van der Waals surface area (Å²) in [6, 6.07) is 10.7. The highest BCUT2D eigenvalue weighted by Gasteiger charge is 2.28. The average Bonchev–Trinajstić information content (AvgIpc) is 3.12. The molecule has 2 N–H and O–H groups in total. The second-order valence-corrected chi connectivity index (χ2v) is 24.2. The molecule has 53 heavy (non-hydrogen) atoms. The highest BCUT2D eigenvalue weighted by molar-refractivity contribution is 9.10. The number of anilines is 5. The van der Waals surface area contributed by atoms with Crippen molar-refractivity contribution >= 4 is 65.3 Å². The van der Waals surface area contributed by atoms with E-state index in [-0.39, 0.29) is 0 Å². The van der Waals surface area contributed by atoms with Crippen LogP contribution in [0.5, 0.6) is 5.75 Å².